The predicted molar refractivity (Wildman–Crippen MR) is 116 cm³/mol. The van der Waals surface area contributed by atoms with Crippen LogP contribution in [0.15, 0.2) is 55.1 Å². The van der Waals surface area contributed by atoms with Crippen molar-refractivity contribution in [3.05, 3.63) is 65.7 Å². The van der Waals surface area contributed by atoms with Gasteiger partial charge in [0.25, 0.3) is 0 Å². The van der Waals surface area contributed by atoms with Crippen molar-refractivity contribution in [1.29, 1.82) is 0 Å². The second-order valence-electron chi connectivity index (χ2n) is 7.51. The summed E-state index contributed by atoms with van der Waals surface area (Å²) in [4.78, 5) is 14.4. The van der Waals surface area contributed by atoms with Crippen LogP contribution in [0.1, 0.15) is 19.4 Å². The molecule has 0 aromatic heterocycles. The molecule has 0 saturated carbocycles. The number of hydrogen-bond acceptors (Lipinski definition) is 4. The van der Waals surface area contributed by atoms with Crippen molar-refractivity contribution in [1.82, 2.24) is 0 Å². The van der Waals surface area contributed by atoms with Crippen molar-refractivity contribution >= 4 is 38.9 Å². The van der Waals surface area contributed by atoms with Crippen LogP contribution in [-0.4, -0.2) is 27.5 Å². The predicted octanol–water partition coefficient (Wildman–Crippen LogP) is 4.22. The van der Waals surface area contributed by atoms with E-state index in [1.165, 1.54) is 0 Å². The molecular formula is C21H23ClN2O4S. The van der Waals surface area contributed by atoms with Gasteiger partial charge in [-0.1, -0.05) is 35.9 Å². The molecule has 0 fully saturated rings. The van der Waals surface area contributed by atoms with E-state index in [1.54, 1.807) is 53.4 Å². The Labute approximate surface area is 176 Å². The van der Waals surface area contributed by atoms with Crippen LogP contribution in [0.2, 0.25) is 5.02 Å². The van der Waals surface area contributed by atoms with Crippen LogP contribution >= 0.6 is 11.6 Å². The summed E-state index contributed by atoms with van der Waals surface area (Å²) in [6, 6.07) is 11.7. The van der Waals surface area contributed by atoms with Gasteiger partial charge in [-0.3, -0.25) is 9.52 Å². The number of hydrogen-bond donors (Lipinski definition) is 1. The largest absolute Gasteiger partial charge is 0.490 e. The summed E-state index contributed by atoms with van der Waals surface area (Å²) in [5.74, 6) is 0.102. The maximum absolute atomic E-state index is 12.8. The van der Waals surface area contributed by atoms with Crippen LogP contribution < -0.4 is 14.4 Å². The summed E-state index contributed by atoms with van der Waals surface area (Å²) in [6.45, 7) is 7.85. The number of fused-ring (bicyclic) bond motifs is 1. The summed E-state index contributed by atoms with van der Waals surface area (Å²) >= 11 is 6.07. The maximum Gasteiger partial charge on any atom is 0.236 e. The number of amides is 1. The number of ether oxygens (including phenoxy) is 1. The topological polar surface area (TPSA) is 75.7 Å². The Morgan fingerprint density at radius 3 is 2.69 bits per heavy atom. The minimum atomic E-state index is -3.69. The van der Waals surface area contributed by atoms with Crippen molar-refractivity contribution in [2.75, 3.05) is 22.8 Å². The number of nitrogens with one attached hydrogen (secondary N) is 1. The SMILES string of the molecule is C=CCN1C(=O)C(C)(C)COc2cc(NS(=O)(=O)Cc3ccccc3Cl)ccc21. The van der Waals surface area contributed by atoms with E-state index in [2.05, 4.69) is 11.3 Å². The van der Waals surface area contributed by atoms with Crippen LogP contribution in [0.3, 0.4) is 0 Å². The molecule has 1 aliphatic heterocycles. The van der Waals surface area contributed by atoms with Gasteiger partial charge in [0.1, 0.15) is 12.4 Å². The molecule has 1 aliphatic rings. The van der Waals surface area contributed by atoms with Crippen LogP contribution in [0.5, 0.6) is 5.75 Å². The monoisotopic (exact) mass is 434 g/mol. The van der Waals surface area contributed by atoms with Crippen molar-refractivity contribution in [3.8, 4) is 5.75 Å². The third-order valence-corrected chi connectivity index (χ3v) is 6.16. The molecule has 154 valence electrons. The number of benzene rings is 2. The Hall–Kier alpha value is -2.51. The third kappa shape index (κ3) is 4.74. The van der Waals surface area contributed by atoms with Crippen molar-refractivity contribution in [3.63, 3.8) is 0 Å². The smallest absolute Gasteiger partial charge is 0.236 e. The highest BCUT2D eigenvalue weighted by molar-refractivity contribution is 7.91. The quantitative estimate of drug-likeness (QED) is 0.690. The first-order valence-electron chi connectivity index (χ1n) is 9.06. The lowest BCUT2D eigenvalue weighted by atomic mass is 9.93. The summed E-state index contributed by atoms with van der Waals surface area (Å²) in [7, 11) is -3.69. The molecule has 0 spiro atoms. The van der Waals surface area contributed by atoms with Crippen LogP contribution in [0.4, 0.5) is 11.4 Å². The average molecular weight is 435 g/mol. The number of sulfonamides is 1. The van der Waals surface area contributed by atoms with Gasteiger partial charge in [0, 0.05) is 17.6 Å². The van der Waals surface area contributed by atoms with Gasteiger partial charge in [-0.25, -0.2) is 8.42 Å². The highest BCUT2D eigenvalue weighted by atomic mass is 35.5. The number of halogens is 1. The average Bonchev–Trinajstić information content (AvgIpc) is 2.74. The zero-order chi connectivity index (χ0) is 21.2. The van der Waals surface area contributed by atoms with E-state index in [4.69, 9.17) is 16.3 Å². The number of anilines is 2. The Morgan fingerprint density at radius 1 is 1.28 bits per heavy atom. The van der Waals surface area contributed by atoms with E-state index in [-0.39, 0.29) is 18.3 Å². The Kier molecular flexibility index (Phi) is 5.91. The number of carbonyl (C=O) groups excluding carboxylic acids is 1. The number of carbonyl (C=O) groups is 1. The van der Waals surface area contributed by atoms with E-state index >= 15 is 0 Å². The molecule has 6 nitrogen and oxygen atoms in total. The summed E-state index contributed by atoms with van der Waals surface area (Å²) in [6.07, 6.45) is 1.64. The molecule has 0 aliphatic carbocycles. The summed E-state index contributed by atoms with van der Waals surface area (Å²) in [5.41, 5.74) is 0.722. The molecule has 1 heterocycles. The first-order chi connectivity index (χ1) is 13.6. The van der Waals surface area contributed by atoms with Crippen LogP contribution in [0.25, 0.3) is 0 Å². The molecule has 0 saturated heterocycles. The van der Waals surface area contributed by atoms with Gasteiger partial charge in [0.2, 0.25) is 15.9 Å². The molecule has 2 aromatic rings. The first kappa shape index (κ1) is 21.2. The van der Waals surface area contributed by atoms with Crippen LogP contribution in [-0.2, 0) is 20.6 Å². The summed E-state index contributed by atoms with van der Waals surface area (Å²) < 4.78 is 33.6. The highest BCUT2D eigenvalue weighted by Gasteiger charge is 2.37. The Balaban J connectivity index is 1.89. The number of nitrogens with zero attached hydrogens (tertiary/aromatic N) is 1. The fourth-order valence-electron chi connectivity index (χ4n) is 3.06. The first-order valence-corrected chi connectivity index (χ1v) is 11.1. The van der Waals surface area contributed by atoms with E-state index in [1.807, 2.05) is 13.8 Å². The van der Waals surface area contributed by atoms with Crippen molar-refractivity contribution in [2.24, 2.45) is 5.41 Å². The Bertz CT molecular complexity index is 1050. The molecule has 0 bridgehead atoms. The highest BCUT2D eigenvalue weighted by Crippen LogP contribution is 2.38. The van der Waals surface area contributed by atoms with E-state index in [0.717, 1.165) is 0 Å². The maximum atomic E-state index is 12.8. The molecule has 29 heavy (non-hydrogen) atoms. The van der Waals surface area contributed by atoms with E-state index < -0.39 is 15.4 Å². The number of rotatable bonds is 6. The van der Waals surface area contributed by atoms with Gasteiger partial charge in [-0.05, 0) is 37.6 Å². The van der Waals surface area contributed by atoms with E-state index in [0.29, 0.717) is 34.3 Å². The van der Waals surface area contributed by atoms with E-state index in [9.17, 15) is 13.2 Å². The van der Waals surface area contributed by atoms with Crippen LogP contribution in [0, 0.1) is 5.41 Å². The zero-order valence-electron chi connectivity index (χ0n) is 16.3. The zero-order valence-corrected chi connectivity index (χ0v) is 17.9. The Morgan fingerprint density at radius 2 is 2.00 bits per heavy atom. The second kappa shape index (κ2) is 8.08. The van der Waals surface area contributed by atoms with Gasteiger partial charge >= 0.3 is 0 Å². The molecule has 0 radical (unpaired) electrons. The van der Waals surface area contributed by atoms with Gasteiger partial charge < -0.3 is 9.64 Å². The molecule has 1 N–H and O–H groups in total. The fourth-order valence-corrected chi connectivity index (χ4v) is 4.56. The standard InChI is InChI=1S/C21H23ClN2O4S/c1-4-11-24-18-10-9-16(12-19(18)28-14-21(2,3)20(24)25)23-29(26,27)13-15-7-5-6-8-17(15)22/h4-10,12,23H,1,11,13-14H2,2-3H3. The third-order valence-electron chi connectivity index (χ3n) is 4.55. The van der Waals surface area contributed by atoms with Gasteiger partial charge in [-0.15, -0.1) is 6.58 Å². The normalized spacial score (nSPS) is 15.8. The minimum absolute atomic E-state index is 0.0804. The van der Waals surface area contributed by atoms with Crippen molar-refractivity contribution in [2.45, 2.75) is 19.6 Å². The molecule has 2 aromatic carbocycles. The molecule has 3 rings (SSSR count). The second-order valence-corrected chi connectivity index (χ2v) is 9.64. The molecule has 1 amide bonds. The lowest BCUT2D eigenvalue weighted by molar-refractivity contribution is -0.127. The fraction of sp³-hybridized carbons (Fsp3) is 0.286. The van der Waals surface area contributed by atoms with Gasteiger partial charge in [0.15, 0.2) is 0 Å². The molecular weight excluding hydrogens is 412 g/mol. The lowest BCUT2D eigenvalue weighted by Gasteiger charge is -2.27. The molecule has 0 unspecified atom stereocenters. The van der Waals surface area contributed by atoms with Crippen molar-refractivity contribution < 1.29 is 17.9 Å². The summed E-state index contributed by atoms with van der Waals surface area (Å²) in [5, 5.41) is 0.393. The minimum Gasteiger partial charge on any atom is -0.490 e. The molecule has 0 atom stereocenters. The van der Waals surface area contributed by atoms with Gasteiger partial charge in [0.05, 0.1) is 22.5 Å². The lowest BCUT2D eigenvalue weighted by Crippen LogP contribution is -2.42. The molecule has 8 heteroatoms. The van der Waals surface area contributed by atoms with Gasteiger partial charge in [-0.2, -0.15) is 0 Å².